The smallest absolute Gasteiger partial charge is 0.172 e. The standard InChI is InChI=1S/3C14H17N5.3CH4/c3*1-2-9-5-15-6-10(9)12-7-17-13-8-18-14-11(19(12)13)3-4-16-14;;;/h3*4,7-10,15H,2-3,5-6H2,1H3;3*1H4/t3*9-,10?;;;/m111.../s1. The van der Waals surface area contributed by atoms with Crippen molar-refractivity contribution < 1.29 is 0 Å². The van der Waals surface area contributed by atoms with Crippen LogP contribution in [0.3, 0.4) is 0 Å². The summed E-state index contributed by atoms with van der Waals surface area (Å²) in [4.78, 5) is 39.7. The van der Waals surface area contributed by atoms with Crippen molar-refractivity contribution in [3.63, 3.8) is 0 Å². The Morgan fingerprint density at radius 2 is 0.733 bits per heavy atom. The van der Waals surface area contributed by atoms with Crippen molar-refractivity contribution in [1.29, 1.82) is 0 Å². The fourth-order valence-corrected chi connectivity index (χ4v) is 10.0. The minimum absolute atomic E-state index is 0. The molecule has 3 N–H and O–H groups in total. The van der Waals surface area contributed by atoms with Gasteiger partial charge in [0.2, 0.25) is 0 Å². The Morgan fingerprint density at radius 3 is 1.02 bits per heavy atom. The Labute approximate surface area is 353 Å². The van der Waals surface area contributed by atoms with Crippen LogP contribution in [0.5, 0.6) is 0 Å². The fraction of sp³-hybridized carbons (Fsp3) is 0.533. The van der Waals surface area contributed by atoms with Crippen molar-refractivity contribution in [1.82, 2.24) is 59.1 Å². The number of rotatable bonds is 6. The second-order valence-corrected chi connectivity index (χ2v) is 16.1. The Kier molecular flexibility index (Phi) is 13.0. The number of hydrogen-bond donors (Lipinski definition) is 3. The van der Waals surface area contributed by atoms with E-state index in [4.69, 9.17) is 0 Å². The normalized spacial score (nSPS) is 24.1. The topological polar surface area (TPSA) is 164 Å². The summed E-state index contributed by atoms with van der Waals surface area (Å²) in [5.74, 6) is 6.30. The van der Waals surface area contributed by atoms with Crippen molar-refractivity contribution in [2.75, 3.05) is 39.3 Å². The zero-order valence-corrected chi connectivity index (χ0v) is 33.0. The average molecular weight is 814 g/mol. The molecule has 0 amide bonds. The third kappa shape index (κ3) is 7.34. The lowest BCUT2D eigenvalue weighted by Gasteiger charge is -2.17. The van der Waals surface area contributed by atoms with Gasteiger partial charge >= 0.3 is 0 Å². The predicted molar refractivity (Wildman–Crippen MR) is 243 cm³/mol. The molecule has 6 aliphatic heterocycles. The zero-order chi connectivity index (χ0) is 38.5. The first kappa shape index (κ1) is 42.9. The van der Waals surface area contributed by atoms with E-state index in [9.17, 15) is 0 Å². The molecular formula is C45H63N15. The molecule has 0 bridgehead atoms. The first-order chi connectivity index (χ1) is 28.1. The molecule has 15 nitrogen and oxygen atoms in total. The fourth-order valence-electron chi connectivity index (χ4n) is 10.0. The molecule has 3 fully saturated rings. The third-order valence-corrected chi connectivity index (χ3v) is 13.2. The highest BCUT2D eigenvalue weighted by molar-refractivity contribution is 5.75. The minimum atomic E-state index is 0. The summed E-state index contributed by atoms with van der Waals surface area (Å²) in [7, 11) is 0. The van der Waals surface area contributed by atoms with Crippen LogP contribution in [0.1, 0.15) is 114 Å². The number of fused-ring (bicyclic) bond motifs is 9. The van der Waals surface area contributed by atoms with Crippen LogP contribution in [0.25, 0.3) is 16.9 Å². The molecule has 6 aromatic heterocycles. The molecule has 0 radical (unpaired) electrons. The van der Waals surface area contributed by atoms with Gasteiger partial charge in [-0.2, -0.15) is 0 Å². The molecule has 6 aliphatic rings. The van der Waals surface area contributed by atoms with Gasteiger partial charge in [-0.1, -0.05) is 62.3 Å². The first-order valence-corrected chi connectivity index (χ1v) is 20.9. The minimum Gasteiger partial charge on any atom is -0.316 e. The largest absolute Gasteiger partial charge is 0.316 e. The van der Waals surface area contributed by atoms with E-state index >= 15 is 0 Å². The number of imidazole rings is 3. The molecule has 0 aliphatic carbocycles. The van der Waals surface area contributed by atoms with Crippen molar-refractivity contribution >= 4 is 53.0 Å². The molecule has 60 heavy (non-hydrogen) atoms. The van der Waals surface area contributed by atoms with E-state index in [1.54, 1.807) is 0 Å². The van der Waals surface area contributed by atoms with E-state index in [0.29, 0.717) is 35.5 Å². The maximum atomic E-state index is 4.53. The lowest BCUT2D eigenvalue weighted by atomic mass is 9.91. The second kappa shape index (κ2) is 18.2. The van der Waals surface area contributed by atoms with Gasteiger partial charge in [0.05, 0.1) is 35.7 Å². The number of nitrogens with zero attached hydrogens (tertiary/aromatic N) is 12. The lowest BCUT2D eigenvalue weighted by molar-refractivity contribution is 0.491. The molecule has 6 aromatic rings. The molecule has 318 valence electrons. The lowest BCUT2D eigenvalue weighted by Crippen LogP contribution is -2.13. The quantitative estimate of drug-likeness (QED) is 0.161. The predicted octanol–water partition coefficient (Wildman–Crippen LogP) is 7.01. The maximum Gasteiger partial charge on any atom is 0.172 e. The number of aliphatic imine (C=N–C) groups is 3. The molecule has 3 saturated heterocycles. The Hall–Kier alpha value is -5.25. The summed E-state index contributed by atoms with van der Waals surface area (Å²) in [6.45, 7) is 13.3. The van der Waals surface area contributed by atoms with Gasteiger partial charge in [-0.05, 0) is 37.4 Å². The third-order valence-electron chi connectivity index (χ3n) is 13.2. The van der Waals surface area contributed by atoms with Crippen LogP contribution >= 0.6 is 0 Å². The molecule has 15 heteroatoms. The van der Waals surface area contributed by atoms with Gasteiger partial charge in [-0.25, -0.2) is 44.9 Å². The average Bonchev–Trinajstić information content (AvgIpc) is 4.09. The molecule has 12 heterocycles. The van der Waals surface area contributed by atoms with Gasteiger partial charge in [-0.15, -0.1) is 0 Å². The van der Waals surface area contributed by atoms with Crippen molar-refractivity contribution in [2.24, 2.45) is 32.7 Å². The van der Waals surface area contributed by atoms with E-state index in [-0.39, 0.29) is 22.3 Å². The number of aromatic nitrogens is 9. The number of nitrogens with one attached hydrogen (secondary N) is 3. The summed E-state index contributed by atoms with van der Waals surface area (Å²) < 4.78 is 6.82. The van der Waals surface area contributed by atoms with E-state index in [2.05, 4.69) is 94.8 Å². The summed E-state index contributed by atoms with van der Waals surface area (Å²) in [6.07, 6.45) is 23.6. The van der Waals surface area contributed by atoms with Crippen LogP contribution in [0.15, 0.2) is 52.2 Å². The van der Waals surface area contributed by atoms with Crippen LogP contribution in [-0.4, -0.2) is 101 Å². The van der Waals surface area contributed by atoms with Crippen LogP contribution in [0, 0.1) is 17.8 Å². The van der Waals surface area contributed by atoms with Crippen molar-refractivity contribution in [3.8, 4) is 0 Å². The summed E-state index contributed by atoms with van der Waals surface area (Å²) in [6, 6.07) is 0. The SMILES string of the molecule is C.C.C.CC[C@@H]1CNCC1c1cnc2cnc3c(n12)CC=N3.CC[C@@H]1CNCC1c1cnc2cnc3c(n12)CC=N3.CC[C@@H]1CNCC1c1cnc2cnc3c(n12)CC=N3. The molecule has 0 aromatic carbocycles. The molecule has 0 spiro atoms. The Balaban J connectivity index is 0.000000133. The molecule has 3 unspecified atom stereocenters. The van der Waals surface area contributed by atoms with E-state index < -0.39 is 0 Å². The zero-order valence-electron chi connectivity index (χ0n) is 33.0. The van der Waals surface area contributed by atoms with Gasteiger partial charge in [0.1, 0.15) is 0 Å². The van der Waals surface area contributed by atoms with Gasteiger partial charge in [0.25, 0.3) is 0 Å². The van der Waals surface area contributed by atoms with Crippen LogP contribution in [0.4, 0.5) is 17.5 Å². The summed E-state index contributed by atoms with van der Waals surface area (Å²) >= 11 is 0. The van der Waals surface area contributed by atoms with Crippen LogP contribution < -0.4 is 16.0 Å². The van der Waals surface area contributed by atoms with Gasteiger partial charge in [-0.3, -0.25) is 13.2 Å². The van der Waals surface area contributed by atoms with Gasteiger partial charge in [0, 0.05) is 111 Å². The highest BCUT2D eigenvalue weighted by Gasteiger charge is 2.33. The van der Waals surface area contributed by atoms with Crippen molar-refractivity contribution in [2.45, 2.75) is 99.3 Å². The highest BCUT2D eigenvalue weighted by Crippen LogP contribution is 2.36. The molecule has 12 rings (SSSR count). The second-order valence-electron chi connectivity index (χ2n) is 16.1. The summed E-state index contributed by atoms with van der Waals surface area (Å²) in [5.41, 5.74) is 10.3. The van der Waals surface area contributed by atoms with Crippen molar-refractivity contribution in [3.05, 3.63) is 71.3 Å². The molecular weight excluding hydrogens is 751 g/mol. The van der Waals surface area contributed by atoms with Crippen LogP contribution in [-0.2, 0) is 19.3 Å². The van der Waals surface area contributed by atoms with Crippen LogP contribution in [0.2, 0.25) is 0 Å². The van der Waals surface area contributed by atoms with E-state index in [0.717, 1.165) is 92.9 Å². The van der Waals surface area contributed by atoms with Gasteiger partial charge < -0.3 is 16.0 Å². The highest BCUT2D eigenvalue weighted by atomic mass is 15.1. The number of hydrogen-bond acceptors (Lipinski definition) is 12. The van der Waals surface area contributed by atoms with E-state index in [1.807, 2.05) is 55.8 Å². The Morgan fingerprint density at radius 1 is 0.433 bits per heavy atom. The summed E-state index contributed by atoms with van der Waals surface area (Å²) in [5, 5.41) is 10.5. The molecule has 0 saturated carbocycles. The van der Waals surface area contributed by atoms with Gasteiger partial charge in [0.15, 0.2) is 34.4 Å². The van der Waals surface area contributed by atoms with E-state index in [1.165, 1.54) is 53.4 Å². The Bertz CT molecular complexity index is 2250. The maximum absolute atomic E-state index is 4.53. The first-order valence-electron chi connectivity index (χ1n) is 20.9. The monoisotopic (exact) mass is 814 g/mol. The molecule has 6 atom stereocenters.